The number of aromatic amines is 1. The minimum Gasteiger partial charge on any atom is -0.508 e. The molecule has 0 saturated heterocycles. The highest BCUT2D eigenvalue weighted by atomic mass is 32.1. The van der Waals surface area contributed by atoms with Gasteiger partial charge >= 0.3 is 5.97 Å². The summed E-state index contributed by atoms with van der Waals surface area (Å²) in [7, 11) is 0. The van der Waals surface area contributed by atoms with Crippen molar-refractivity contribution in [1.29, 1.82) is 0 Å². The normalized spacial score (nSPS) is 14.5. The quantitative estimate of drug-likeness (QED) is 0.0150. The number of rotatable bonds is 34. The SMILES string of the molecule is C[C@@H](O)[C@H](NC(=O)[C@H](CCCCN)NC(=O)[C@H](Cc1c[nH]c2ccccc12)NC(=O)[C@H](Cc1ccc(N)cc1)NC(=O)[C@H](Cc1ccccc1)NC(=O)[C@H](CS)NC(=O)[C@@H](N)Cc1ccc(O)cc1)C(=O)N[C@@H](Cc1ccccc1)C(=O)N[C@@H](CS)C(=O)O. The number of hydrogen-bond acceptors (Lipinski definition) is 16. The number of aliphatic hydroxyl groups is 1. The van der Waals surface area contributed by atoms with Gasteiger partial charge < -0.3 is 80.0 Å². The molecular weight excluding hydrogens is 1180 g/mol. The topological polar surface area (TPSA) is 404 Å². The molecule has 6 rings (SSSR count). The molecule has 5 aromatic carbocycles. The molecule has 18 N–H and O–H groups in total. The van der Waals surface area contributed by atoms with Crippen molar-refractivity contribution in [2.24, 2.45) is 11.5 Å². The van der Waals surface area contributed by atoms with Gasteiger partial charge in [0.15, 0.2) is 0 Å². The molecule has 0 aliphatic carbocycles. The molecule has 8 amide bonds. The van der Waals surface area contributed by atoms with Crippen LogP contribution in [0.1, 0.15) is 54.0 Å². The van der Waals surface area contributed by atoms with E-state index in [1.807, 2.05) is 12.1 Å². The Hall–Kier alpha value is -8.95. The number of aromatic nitrogens is 1. The number of unbranched alkanes of at least 4 members (excludes halogenated alkanes) is 1. The number of nitrogen functional groups attached to an aromatic ring is 1. The molecule has 0 spiro atoms. The van der Waals surface area contributed by atoms with Crippen LogP contribution in [0.4, 0.5) is 5.69 Å². The Bertz CT molecular complexity index is 3340. The highest BCUT2D eigenvalue weighted by molar-refractivity contribution is 7.80. The van der Waals surface area contributed by atoms with Crippen molar-refractivity contribution in [2.75, 3.05) is 23.8 Å². The lowest BCUT2D eigenvalue weighted by Crippen LogP contribution is -2.62. The number of nitrogens with one attached hydrogen (secondary N) is 9. The van der Waals surface area contributed by atoms with Gasteiger partial charge in [-0.3, -0.25) is 38.4 Å². The second kappa shape index (κ2) is 34.6. The minimum atomic E-state index is -1.74. The third-order valence-corrected chi connectivity index (χ3v) is 15.3. The second-order valence-electron chi connectivity index (χ2n) is 21.5. The van der Waals surface area contributed by atoms with Crippen molar-refractivity contribution >= 4 is 95.1 Å². The van der Waals surface area contributed by atoms with E-state index in [0.717, 1.165) is 0 Å². The van der Waals surface area contributed by atoms with Gasteiger partial charge in [0, 0.05) is 60.0 Å². The molecule has 89 heavy (non-hydrogen) atoms. The fourth-order valence-corrected chi connectivity index (χ4v) is 10.1. The number of benzene rings is 5. The number of aliphatic carboxylic acids is 1. The average Bonchev–Trinajstić information content (AvgIpc) is 3.91. The standard InChI is InChI=1S/C63H78N12O12S2/c1-36(76)54(62(85)72-50(30-38-14-6-3-7-15-38)59(82)74-53(35-89)63(86)87)75-56(79)47(18-10-11-27-64)68-60(83)51(32-41-33-67-46-17-9-8-16-44(41)46)71-58(81)49(31-40-19-23-42(65)24-20-40)69-57(80)48(29-37-12-4-2-5-13-37)70-61(84)52(34-88)73-55(78)45(66)28-39-21-25-43(77)26-22-39/h2-9,12-17,19-26,33,36,45,47-54,67,76-77,88-89H,10-11,18,27-32,34-35,64-66H2,1H3,(H,68,83)(H,69,80)(H,70,84)(H,71,81)(H,72,85)(H,73,78)(H,74,82)(H,75,79)(H,86,87)/t36-,45+,47+,48+,49+,50+,51+,52+,53+,54+/m1/s1. The first-order valence-corrected chi connectivity index (χ1v) is 30.2. The molecule has 0 saturated carbocycles. The summed E-state index contributed by atoms with van der Waals surface area (Å²) in [5.41, 5.74) is 22.2. The minimum absolute atomic E-state index is 0.0274. The van der Waals surface area contributed by atoms with Gasteiger partial charge in [-0.15, -0.1) is 0 Å². The molecule has 1 heterocycles. The van der Waals surface area contributed by atoms with Gasteiger partial charge in [-0.05, 0) is 97.3 Å². The fourth-order valence-electron chi connectivity index (χ4n) is 9.63. The van der Waals surface area contributed by atoms with Crippen LogP contribution in [-0.2, 0) is 75.3 Å². The average molecular weight is 1260 g/mol. The van der Waals surface area contributed by atoms with E-state index in [-0.39, 0.29) is 68.7 Å². The fraction of sp³-hybridized carbons (Fsp3) is 0.349. The number of aliphatic hydroxyl groups excluding tert-OH is 1. The zero-order valence-corrected chi connectivity index (χ0v) is 50.8. The summed E-state index contributed by atoms with van der Waals surface area (Å²) < 4.78 is 0. The Morgan fingerprint density at radius 1 is 0.483 bits per heavy atom. The van der Waals surface area contributed by atoms with E-state index >= 15 is 9.59 Å². The van der Waals surface area contributed by atoms with Gasteiger partial charge in [-0.2, -0.15) is 25.3 Å². The number of hydrogen-bond donors (Lipinski definition) is 17. The summed E-state index contributed by atoms with van der Waals surface area (Å²) in [5, 5.41) is 52.2. The van der Waals surface area contributed by atoms with Crippen molar-refractivity contribution in [1.82, 2.24) is 47.5 Å². The van der Waals surface area contributed by atoms with Gasteiger partial charge in [0.25, 0.3) is 0 Å². The maximum atomic E-state index is 15.1. The molecule has 6 aromatic rings. The van der Waals surface area contributed by atoms with Crippen LogP contribution >= 0.6 is 25.3 Å². The number of anilines is 1. The summed E-state index contributed by atoms with van der Waals surface area (Å²) in [6.45, 7) is 1.44. The smallest absolute Gasteiger partial charge is 0.327 e. The zero-order valence-electron chi connectivity index (χ0n) is 49.0. The Morgan fingerprint density at radius 3 is 1.40 bits per heavy atom. The number of carboxylic acids is 1. The largest absolute Gasteiger partial charge is 0.508 e. The number of carboxylic acid groups (broad SMARTS) is 1. The number of thiol groups is 2. The molecule has 474 valence electrons. The molecule has 0 unspecified atom stereocenters. The number of phenolic OH excluding ortho intramolecular Hbond substituents is 1. The van der Waals surface area contributed by atoms with Crippen LogP contribution in [0.2, 0.25) is 0 Å². The third-order valence-electron chi connectivity index (χ3n) is 14.6. The van der Waals surface area contributed by atoms with Gasteiger partial charge in [0.2, 0.25) is 47.3 Å². The summed E-state index contributed by atoms with van der Waals surface area (Å²) in [6, 6.07) is 24.3. The lowest BCUT2D eigenvalue weighted by Gasteiger charge is -2.29. The number of carbonyl (C=O) groups excluding carboxylic acids is 8. The van der Waals surface area contributed by atoms with Gasteiger partial charge in [-0.25, -0.2) is 4.79 Å². The van der Waals surface area contributed by atoms with Crippen LogP contribution < -0.4 is 59.7 Å². The van der Waals surface area contributed by atoms with Crippen molar-refractivity contribution in [3.8, 4) is 5.75 Å². The maximum absolute atomic E-state index is 15.1. The van der Waals surface area contributed by atoms with E-state index in [2.05, 4.69) is 72.8 Å². The van der Waals surface area contributed by atoms with Crippen molar-refractivity contribution in [2.45, 2.75) is 119 Å². The van der Waals surface area contributed by atoms with Crippen LogP contribution in [-0.4, -0.2) is 152 Å². The summed E-state index contributed by atoms with van der Waals surface area (Å²) in [5.74, 6) is -8.70. The molecular formula is C63H78N12O12S2. The number of nitrogens with two attached hydrogens (primary N) is 3. The number of fused-ring (bicyclic) bond motifs is 1. The number of carbonyl (C=O) groups is 9. The van der Waals surface area contributed by atoms with E-state index in [0.29, 0.717) is 50.8 Å². The highest BCUT2D eigenvalue weighted by Gasteiger charge is 2.37. The van der Waals surface area contributed by atoms with Crippen LogP contribution in [0.5, 0.6) is 5.75 Å². The first-order chi connectivity index (χ1) is 42.7. The summed E-state index contributed by atoms with van der Waals surface area (Å²) in [4.78, 5) is 130. The monoisotopic (exact) mass is 1260 g/mol. The third kappa shape index (κ3) is 21.4. The van der Waals surface area contributed by atoms with E-state index in [1.54, 1.807) is 115 Å². The van der Waals surface area contributed by atoms with E-state index in [1.165, 1.54) is 19.1 Å². The van der Waals surface area contributed by atoms with Gasteiger partial charge in [0.05, 0.1) is 12.1 Å². The summed E-state index contributed by atoms with van der Waals surface area (Å²) >= 11 is 8.37. The molecule has 26 heteroatoms. The summed E-state index contributed by atoms with van der Waals surface area (Å²) in [6.07, 6.45) is 0.206. The van der Waals surface area contributed by atoms with Crippen molar-refractivity contribution in [3.63, 3.8) is 0 Å². The Morgan fingerprint density at radius 2 is 0.899 bits per heavy atom. The Kier molecular flexibility index (Phi) is 26.8. The Labute approximate surface area is 525 Å². The predicted octanol–water partition coefficient (Wildman–Crippen LogP) is 0.629. The molecule has 0 radical (unpaired) electrons. The molecule has 0 bridgehead atoms. The molecule has 24 nitrogen and oxygen atoms in total. The number of amides is 8. The number of H-pyrrole nitrogens is 1. The second-order valence-corrected chi connectivity index (χ2v) is 22.2. The zero-order chi connectivity index (χ0) is 64.6. The van der Waals surface area contributed by atoms with Crippen molar-refractivity contribution in [3.05, 3.63) is 167 Å². The van der Waals surface area contributed by atoms with Gasteiger partial charge in [0.1, 0.15) is 54.1 Å². The van der Waals surface area contributed by atoms with Crippen LogP contribution in [0, 0.1) is 0 Å². The molecule has 1 aromatic heterocycles. The number of phenols is 1. The maximum Gasteiger partial charge on any atom is 0.327 e. The number of para-hydroxylation sites is 1. The van der Waals surface area contributed by atoms with E-state index in [9.17, 15) is 48.9 Å². The van der Waals surface area contributed by atoms with Crippen LogP contribution in [0.3, 0.4) is 0 Å². The lowest BCUT2D eigenvalue weighted by molar-refractivity contribution is -0.141. The highest BCUT2D eigenvalue weighted by Crippen LogP contribution is 2.21. The van der Waals surface area contributed by atoms with Gasteiger partial charge in [-0.1, -0.05) is 103 Å². The molecule has 0 aliphatic heterocycles. The van der Waals surface area contributed by atoms with Crippen molar-refractivity contribution < 1.29 is 58.5 Å². The Balaban J connectivity index is 1.28. The number of aromatic hydroxyl groups is 1. The lowest BCUT2D eigenvalue weighted by atomic mass is 10.00. The molecule has 0 aliphatic rings. The van der Waals surface area contributed by atoms with E-state index in [4.69, 9.17) is 17.2 Å². The van der Waals surface area contributed by atoms with E-state index < -0.39 is 114 Å². The predicted molar refractivity (Wildman–Crippen MR) is 342 cm³/mol. The molecule has 10 atom stereocenters. The molecule has 0 fully saturated rings. The first kappa shape index (κ1) is 69.2. The first-order valence-electron chi connectivity index (χ1n) is 28.9. The van der Waals surface area contributed by atoms with Crippen LogP contribution in [0.15, 0.2) is 140 Å². The van der Waals surface area contributed by atoms with Crippen LogP contribution in [0.25, 0.3) is 10.9 Å².